The van der Waals surface area contributed by atoms with Crippen molar-refractivity contribution in [1.82, 2.24) is 36.0 Å². The summed E-state index contributed by atoms with van der Waals surface area (Å²) in [6.07, 6.45) is 22.8. The van der Waals surface area contributed by atoms with Crippen LogP contribution in [-0.4, -0.2) is 100 Å². The number of ketones is 3. The summed E-state index contributed by atoms with van der Waals surface area (Å²) in [6.45, 7) is 4.08. The predicted octanol–water partition coefficient (Wildman–Crippen LogP) is 14.5. The Kier molecular flexibility index (Phi) is 51.0. The molecule has 678 valence electrons. The number of amides is 1. The number of aromatic nitrogens is 6. The van der Waals surface area contributed by atoms with Crippen LogP contribution in [0, 0.1) is 25.2 Å². The molecule has 7 aromatic carbocycles. The molecule has 26 nitrogen and oxygen atoms in total. The van der Waals surface area contributed by atoms with E-state index < -0.39 is 11.2 Å². The van der Waals surface area contributed by atoms with Crippen LogP contribution in [0.25, 0.3) is 33.8 Å². The number of carboxylic acid groups (broad SMARTS) is 1. The Balaban J connectivity index is 0.000000496. The van der Waals surface area contributed by atoms with Gasteiger partial charge in [-0.3, -0.25) is 61.5 Å². The van der Waals surface area contributed by atoms with Crippen molar-refractivity contribution in [2.45, 2.75) is 182 Å². The third kappa shape index (κ3) is 34.0. The van der Waals surface area contributed by atoms with Crippen molar-refractivity contribution in [3.8, 4) is 33.8 Å². The number of nitrogen functional groups attached to an aromatic ring is 1. The number of fused-ring (bicyclic) bond motifs is 15. The third-order valence-corrected chi connectivity index (χ3v) is 21.7. The van der Waals surface area contributed by atoms with Crippen LogP contribution in [0.4, 0.5) is 5.82 Å². The monoisotopic (exact) mass is 2090 g/mol. The molecule has 1 amide bonds. The van der Waals surface area contributed by atoms with Gasteiger partial charge in [-0.25, -0.2) is 16.4 Å². The number of nitrogens with two attached hydrogens (primary N) is 5. The van der Waals surface area contributed by atoms with Gasteiger partial charge in [0.2, 0.25) is 5.91 Å². The summed E-state index contributed by atoms with van der Waals surface area (Å²) in [7, 11) is 0. The molecule has 0 spiro atoms. The van der Waals surface area contributed by atoms with Gasteiger partial charge in [0.1, 0.15) is 0 Å². The van der Waals surface area contributed by atoms with Crippen LogP contribution >= 0.6 is 50.5 Å². The van der Waals surface area contributed by atoms with E-state index in [9.17, 15) is 38.1 Å². The van der Waals surface area contributed by atoms with Gasteiger partial charge in [-0.15, -0.1) is 20.4 Å². The number of aromatic amines is 1. The van der Waals surface area contributed by atoms with E-state index in [-0.39, 0.29) is 101 Å². The SMILES string of the molecule is C.CCO.CCOC(=O)CC1CCCc2ccccc2C1=O.Clc1cc2c(nn1)-c1ccccc1CCC2.NN.NN.NNc1cc2c(nn1)-c1ccccc1CCC2.O.O=C(O)CC1CCCc2ccccc2C1=O.O=C1CC2CCCc3ccccc3C2=NN1.O=C1CCCCc2ccccc21.O=P(Cl)(Cl)Cl.O=c1cc2c(n[nH]1)-c1ccccc1CCC2.[2H-].[CH3-].[Db].[Li+]. The van der Waals surface area contributed by atoms with Gasteiger partial charge < -0.3 is 34.7 Å². The molecule has 7 aliphatic carbocycles. The number of aliphatic hydroxyl groups excluding tert-OH is 1. The van der Waals surface area contributed by atoms with E-state index >= 15 is 0 Å². The first kappa shape index (κ1) is 111. The second kappa shape index (κ2) is 58.6. The Morgan fingerprint density at radius 1 is 0.500 bits per heavy atom. The molecule has 17 N–H and O–H groups in total. The van der Waals surface area contributed by atoms with Crippen LogP contribution in [-0.2, 0) is 87.9 Å². The number of esters is 1. The summed E-state index contributed by atoms with van der Waals surface area (Å²) in [6, 6.07) is 62.3. The average Bonchev–Trinajstić information content (AvgIpc) is 1.74. The number of nitrogens with zero attached hydrogens (tertiary/aromatic N) is 6. The number of hydrogen-bond donors (Lipinski definition) is 10. The van der Waals surface area contributed by atoms with Crippen molar-refractivity contribution >= 4 is 97.2 Å². The van der Waals surface area contributed by atoms with Crippen LogP contribution < -0.4 is 64.5 Å². The number of ether oxygens (including phenoxy) is 1. The first-order valence-corrected chi connectivity index (χ1v) is 46.2. The van der Waals surface area contributed by atoms with E-state index in [1.165, 1.54) is 55.6 Å². The van der Waals surface area contributed by atoms with Gasteiger partial charge in [0.05, 0.1) is 42.2 Å². The van der Waals surface area contributed by atoms with Crippen molar-refractivity contribution < 1.29 is 74.0 Å². The maximum Gasteiger partial charge on any atom is 1.00 e. The molecule has 1 aliphatic heterocycles. The summed E-state index contributed by atoms with van der Waals surface area (Å²) >= 11 is 19.7. The number of carboxylic acids is 1. The Labute approximate surface area is 777 Å². The number of H-pyrrole nitrogens is 1. The molecule has 0 saturated heterocycles. The van der Waals surface area contributed by atoms with Gasteiger partial charge in [-0.1, -0.05) is 189 Å². The predicted molar refractivity (Wildman–Crippen MR) is 505 cm³/mol. The molecule has 4 heterocycles. The van der Waals surface area contributed by atoms with Gasteiger partial charge >= 0.3 is 36.0 Å². The number of hydrazone groups is 1. The number of aliphatic carboxylic acids is 1. The van der Waals surface area contributed by atoms with Crippen LogP contribution in [0.5, 0.6) is 0 Å². The molecular weight excluding hydrogens is 1980 g/mol. The molecule has 128 heavy (non-hydrogen) atoms. The number of aryl methyl sites for hydroxylation is 10. The van der Waals surface area contributed by atoms with Gasteiger partial charge in [-0.2, -0.15) is 10.2 Å². The normalized spacial score (nSPS) is 15.6. The molecule has 0 saturated carbocycles. The number of aliphatic hydroxyl groups is 1. The van der Waals surface area contributed by atoms with Crippen LogP contribution in [0.2, 0.25) is 5.15 Å². The van der Waals surface area contributed by atoms with E-state index in [1.807, 2.05) is 97.1 Å². The number of anilines is 1. The van der Waals surface area contributed by atoms with Crippen LogP contribution in [0.1, 0.15) is 211 Å². The maximum absolute atomic E-state index is 12.4. The second-order valence-corrected chi connectivity index (χ2v) is 36.8. The summed E-state index contributed by atoms with van der Waals surface area (Å²) in [5.41, 5.74) is 28.6. The van der Waals surface area contributed by atoms with Crippen molar-refractivity contribution in [3.63, 3.8) is 0 Å². The van der Waals surface area contributed by atoms with Crippen molar-refractivity contribution in [2.24, 2.45) is 52.1 Å². The zero-order valence-corrected chi connectivity index (χ0v) is 82.9. The van der Waals surface area contributed by atoms with E-state index in [2.05, 4.69) is 183 Å². The van der Waals surface area contributed by atoms with E-state index in [4.69, 9.17) is 32.4 Å². The molecule has 10 aromatic rings. The smallest absolute Gasteiger partial charge is 1.00 e. The zero-order valence-electron chi connectivity index (χ0n) is 73.5. The second-order valence-electron chi connectivity index (χ2n) is 29.7. The Morgan fingerprint density at radius 2 is 0.852 bits per heavy atom. The number of benzene rings is 7. The number of nitrogens with one attached hydrogen (secondary N) is 3. The largest absolute Gasteiger partial charge is 1.00 e. The van der Waals surface area contributed by atoms with Crippen LogP contribution in [0.15, 0.2) is 198 Å². The number of carbonyl (C=O) groups is 6. The summed E-state index contributed by atoms with van der Waals surface area (Å²) < 4.78 is 14.4. The van der Waals surface area contributed by atoms with Crippen molar-refractivity contribution in [2.75, 3.05) is 18.6 Å². The summed E-state index contributed by atoms with van der Waals surface area (Å²) in [5, 5.41) is 41.1. The molecular formula is C95H119Cl4DbLiN14O12P-. The van der Waals surface area contributed by atoms with Crippen molar-refractivity contribution in [3.05, 3.63) is 289 Å². The summed E-state index contributed by atoms with van der Waals surface area (Å²) in [5.74, 6) is 21.0. The van der Waals surface area contributed by atoms with Gasteiger partial charge in [0, 0.05) is 82.2 Å². The van der Waals surface area contributed by atoms with Gasteiger partial charge in [-0.05, 0) is 250 Å². The van der Waals surface area contributed by atoms with Crippen LogP contribution in [0.3, 0.4) is 0 Å². The van der Waals surface area contributed by atoms with Crippen molar-refractivity contribution in [1.29, 1.82) is 0 Å². The average molecular weight is 2100 g/mol. The number of hydrazine groups is 3. The maximum atomic E-state index is 12.4. The van der Waals surface area contributed by atoms with Gasteiger partial charge in [0.25, 0.3) is 5.56 Å². The minimum atomic E-state index is -3.22. The number of hydrogen-bond acceptors (Lipinski definition) is 22. The van der Waals surface area contributed by atoms with E-state index in [0.29, 0.717) is 47.7 Å². The standard InChI is InChI=1S/C15H18O3.C13H11ClN2.C13H14N4.C13H14N2O.C13H12N2O.C13H14O3.C11H12O.C2H6O.CH4.CH3.Cl3OP.Db.Li.2H4N2.H2O.H/c1-2-18-14(16)10-12-8-5-7-11-6-3-4-9-13(11)15(12)17;14-12-8-10-6-3-5-9-4-1-2-7-11(9)13(10)16-15-12;14-15-12-8-10-6-3-5-9-4-1-2-7-11(9)13(10)17-16-12;2*16-12-8-10-6-3-5-9-4-1-2-7-11(9)13(10)15-14-12;14-12(15)8-10-6-3-5-9-4-1-2-7-11(9)13(10)16;12-11-8-4-2-6-9-5-1-3-7-10(9)11;1-2-3;;;1-5(2,3)4;;;2*1-2;;/h3-4,6,9,12H,2,5,7-8,10H2,1H3;1-2,4,7-8H,3,5-6H2;1-2,4,7-8H,3,5-6,14H2,(H,15,16);1-2,4,7,10H,3,5-6,8H2,(H,14,16);1-2,4,7-8H,3,5-6H2,(H,14,16);1-2,4,7,10H,3,5-6,8H2,(H,14,15);1,3,5,7H,2,4,6,8H2;3H,2H2,1H3;1H4;1H3;;;;2*1-2H2;1H2;/q;;;;;;;;;-1;;;+1;;;;-1/i;;;;;;;;;;;;;;;;1+1. The Hall–Kier alpha value is -10.8. The fourth-order valence-electron chi connectivity index (χ4n) is 16.1. The number of halogens is 4. The fraction of sp³-hybridized carbons (Fsp3) is 0.347. The van der Waals surface area contributed by atoms with E-state index in [0.717, 1.165) is 191 Å². The first-order chi connectivity index (χ1) is 59.6. The quantitative estimate of drug-likeness (QED) is 0.0141. The molecule has 3 unspecified atom stereocenters. The zero-order chi connectivity index (χ0) is 88.6. The molecule has 0 radical (unpaired) electrons. The molecule has 8 aliphatic rings. The molecule has 0 fully saturated rings. The topological polar surface area (TPSA) is 465 Å². The Morgan fingerprint density at radius 3 is 1.31 bits per heavy atom. The van der Waals surface area contributed by atoms with E-state index in [1.54, 1.807) is 26.0 Å². The molecule has 0 bridgehead atoms. The molecule has 18 rings (SSSR count). The molecule has 3 aromatic heterocycles. The minimum Gasteiger partial charge on any atom is -1.00 e. The van der Waals surface area contributed by atoms with Gasteiger partial charge in [0.15, 0.2) is 28.3 Å². The number of Topliss-reactive ketones (excluding diaryl/α,β-unsaturated/α-hetero) is 3. The first-order valence-electron chi connectivity index (χ1n) is 41.4. The number of carbonyl (C=O) groups excluding carboxylic acids is 5. The number of rotatable bonds is 6. The fourth-order valence-corrected chi connectivity index (χ4v) is 16.2. The minimum absolute atomic E-state index is 0. The molecule has 3 atom stereocenters. The Bertz CT molecular complexity index is 5350. The third-order valence-electron chi connectivity index (χ3n) is 21.5. The molecule has 33 heteroatoms. The summed E-state index contributed by atoms with van der Waals surface area (Å²) in [4.78, 5) is 80.7.